The highest BCUT2D eigenvalue weighted by Crippen LogP contribution is 2.45. The van der Waals surface area contributed by atoms with Crippen molar-refractivity contribution in [2.45, 2.75) is 38.8 Å². The number of hydrogen-bond donors (Lipinski definition) is 3. The van der Waals surface area contributed by atoms with Gasteiger partial charge in [0.2, 0.25) is 5.95 Å². The summed E-state index contributed by atoms with van der Waals surface area (Å²) in [6.07, 6.45) is 4.10. The molecule has 1 aliphatic heterocycles. The summed E-state index contributed by atoms with van der Waals surface area (Å²) in [5.41, 5.74) is 1.63. The molecule has 24 heavy (non-hydrogen) atoms. The van der Waals surface area contributed by atoms with Gasteiger partial charge < -0.3 is 16.0 Å². The minimum Gasteiger partial charge on any atom is -0.366 e. The van der Waals surface area contributed by atoms with E-state index in [2.05, 4.69) is 37.0 Å². The summed E-state index contributed by atoms with van der Waals surface area (Å²) in [5.74, 6) is 1.27. The van der Waals surface area contributed by atoms with Gasteiger partial charge in [-0.25, -0.2) is 15.0 Å². The van der Waals surface area contributed by atoms with Crippen LogP contribution >= 0.6 is 0 Å². The van der Waals surface area contributed by atoms with Crippen LogP contribution in [0.1, 0.15) is 32.4 Å². The molecular weight excluding hydrogens is 302 g/mol. The molecule has 2 aromatic heterocycles. The second-order valence-corrected chi connectivity index (χ2v) is 7.25. The van der Waals surface area contributed by atoms with Crippen molar-refractivity contribution >= 4 is 22.7 Å². The van der Waals surface area contributed by atoms with Crippen LogP contribution in [0.4, 0.5) is 11.8 Å². The maximum absolute atomic E-state index is 9.15. The molecular formula is C17H21N7. The lowest BCUT2D eigenvalue weighted by Crippen LogP contribution is -2.63. The fraction of sp³-hybridized carbons (Fsp3) is 0.529. The number of pyridine rings is 1. The summed E-state index contributed by atoms with van der Waals surface area (Å²) in [4.78, 5) is 13.4. The third kappa shape index (κ3) is 2.63. The molecule has 1 aliphatic carbocycles. The van der Waals surface area contributed by atoms with E-state index in [1.165, 1.54) is 12.8 Å². The van der Waals surface area contributed by atoms with Gasteiger partial charge in [-0.3, -0.25) is 0 Å². The van der Waals surface area contributed by atoms with Crippen LogP contribution in [-0.4, -0.2) is 40.1 Å². The number of nitrogens with one attached hydrogen (secondary N) is 3. The van der Waals surface area contributed by atoms with Gasteiger partial charge in [-0.2, -0.15) is 5.26 Å². The predicted octanol–water partition coefficient (Wildman–Crippen LogP) is 1.88. The third-order valence-corrected chi connectivity index (χ3v) is 4.80. The standard InChI is InChI=1S/C17H21N7/c1-10(2)21-15-14-11(3-12(6-18)22-15)7-20-16(24-14)23-13-4-17(5-13)8-19-9-17/h3,7,10,13,19H,4-5,8-9H2,1-2H3,(H,21,22)(H,20,23,24). The Bertz CT molecular complexity index is 812. The third-order valence-electron chi connectivity index (χ3n) is 4.80. The number of rotatable bonds is 4. The van der Waals surface area contributed by atoms with Gasteiger partial charge in [-0.15, -0.1) is 0 Å². The number of nitriles is 1. The Morgan fingerprint density at radius 2 is 2.12 bits per heavy atom. The van der Waals surface area contributed by atoms with Crippen LogP contribution in [-0.2, 0) is 0 Å². The zero-order chi connectivity index (χ0) is 16.7. The van der Waals surface area contributed by atoms with Crippen molar-refractivity contribution in [1.29, 1.82) is 5.26 Å². The largest absolute Gasteiger partial charge is 0.366 e. The highest BCUT2D eigenvalue weighted by Gasteiger charge is 2.48. The molecule has 1 saturated carbocycles. The summed E-state index contributed by atoms with van der Waals surface area (Å²) in [6.45, 7) is 6.33. The Morgan fingerprint density at radius 3 is 2.75 bits per heavy atom. The van der Waals surface area contributed by atoms with E-state index in [4.69, 9.17) is 5.26 Å². The fourth-order valence-corrected chi connectivity index (χ4v) is 3.58. The monoisotopic (exact) mass is 323 g/mol. The van der Waals surface area contributed by atoms with Crippen LogP contribution in [0, 0.1) is 16.7 Å². The van der Waals surface area contributed by atoms with Crippen molar-refractivity contribution in [1.82, 2.24) is 20.3 Å². The molecule has 1 saturated heterocycles. The molecule has 2 aliphatic rings. The second-order valence-electron chi connectivity index (χ2n) is 7.25. The van der Waals surface area contributed by atoms with Gasteiger partial charge in [0.05, 0.1) is 0 Å². The molecule has 2 fully saturated rings. The zero-order valence-corrected chi connectivity index (χ0v) is 13.9. The van der Waals surface area contributed by atoms with Crippen LogP contribution in [0.15, 0.2) is 12.3 Å². The van der Waals surface area contributed by atoms with Crippen molar-refractivity contribution in [3.63, 3.8) is 0 Å². The Balaban J connectivity index is 1.60. The molecule has 3 heterocycles. The average Bonchev–Trinajstić information content (AvgIpc) is 2.48. The van der Waals surface area contributed by atoms with Gasteiger partial charge >= 0.3 is 0 Å². The van der Waals surface area contributed by atoms with Crippen LogP contribution in [0.3, 0.4) is 0 Å². The Morgan fingerprint density at radius 1 is 1.33 bits per heavy atom. The van der Waals surface area contributed by atoms with E-state index in [1.54, 1.807) is 12.3 Å². The number of fused-ring (bicyclic) bond motifs is 1. The van der Waals surface area contributed by atoms with Crippen LogP contribution in [0.5, 0.6) is 0 Å². The number of nitrogens with zero attached hydrogens (tertiary/aromatic N) is 4. The minimum absolute atomic E-state index is 0.207. The molecule has 124 valence electrons. The van der Waals surface area contributed by atoms with E-state index in [0.717, 1.165) is 24.0 Å². The topological polar surface area (TPSA) is 98.5 Å². The van der Waals surface area contributed by atoms with Crippen LogP contribution in [0.25, 0.3) is 10.9 Å². The van der Waals surface area contributed by atoms with Gasteiger partial charge in [-0.05, 0) is 38.2 Å². The predicted molar refractivity (Wildman–Crippen MR) is 92.8 cm³/mol. The summed E-state index contributed by atoms with van der Waals surface area (Å²) >= 11 is 0. The Labute approximate surface area is 140 Å². The van der Waals surface area contributed by atoms with Crippen molar-refractivity contribution in [2.24, 2.45) is 5.41 Å². The molecule has 3 N–H and O–H groups in total. The molecule has 0 radical (unpaired) electrons. The van der Waals surface area contributed by atoms with Gasteiger partial charge in [0.25, 0.3) is 0 Å². The lowest BCUT2D eigenvalue weighted by atomic mass is 9.62. The molecule has 0 bridgehead atoms. The van der Waals surface area contributed by atoms with Crippen molar-refractivity contribution < 1.29 is 0 Å². The maximum Gasteiger partial charge on any atom is 0.223 e. The first kappa shape index (κ1) is 15.1. The number of anilines is 2. The van der Waals surface area contributed by atoms with E-state index in [1.807, 2.05) is 13.8 Å². The van der Waals surface area contributed by atoms with E-state index >= 15 is 0 Å². The Hall–Kier alpha value is -2.46. The van der Waals surface area contributed by atoms with Gasteiger partial charge in [0, 0.05) is 36.8 Å². The highest BCUT2D eigenvalue weighted by atomic mass is 15.2. The van der Waals surface area contributed by atoms with Crippen molar-refractivity contribution in [3.05, 3.63) is 18.0 Å². The zero-order valence-electron chi connectivity index (χ0n) is 13.9. The number of hydrogen-bond acceptors (Lipinski definition) is 7. The SMILES string of the molecule is CC(C)Nc1nc(C#N)cc2cnc(NC3CC4(CNC4)C3)nc12. The number of aromatic nitrogens is 3. The molecule has 0 atom stereocenters. The molecule has 7 heteroatoms. The smallest absolute Gasteiger partial charge is 0.223 e. The fourth-order valence-electron chi connectivity index (χ4n) is 3.58. The van der Waals surface area contributed by atoms with Gasteiger partial charge in [0.15, 0.2) is 5.82 Å². The van der Waals surface area contributed by atoms with E-state index in [0.29, 0.717) is 28.9 Å². The molecule has 0 amide bonds. The summed E-state index contributed by atoms with van der Waals surface area (Å²) in [6, 6.07) is 4.47. The maximum atomic E-state index is 9.15. The highest BCUT2D eigenvalue weighted by molar-refractivity contribution is 5.89. The van der Waals surface area contributed by atoms with E-state index in [-0.39, 0.29) is 6.04 Å². The average molecular weight is 323 g/mol. The lowest BCUT2D eigenvalue weighted by Gasteiger charge is -2.54. The molecule has 4 rings (SSSR count). The van der Waals surface area contributed by atoms with Crippen LogP contribution in [0.2, 0.25) is 0 Å². The minimum atomic E-state index is 0.207. The van der Waals surface area contributed by atoms with E-state index in [9.17, 15) is 0 Å². The first-order chi connectivity index (χ1) is 11.6. The van der Waals surface area contributed by atoms with Crippen LogP contribution < -0.4 is 16.0 Å². The molecule has 1 spiro atoms. The summed E-state index contributed by atoms with van der Waals surface area (Å²) in [7, 11) is 0. The second kappa shape index (κ2) is 5.56. The molecule has 2 aromatic rings. The first-order valence-corrected chi connectivity index (χ1v) is 8.39. The van der Waals surface area contributed by atoms with E-state index < -0.39 is 0 Å². The van der Waals surface area contributed by atoms with Crippen molar-refractivity contribution in [2.75, 3.05) is 23.7 Å². The lowest BCUT2D eigenvalue weighted by molar-refractivity contribution is 0.0468. The quantitative estimate of drug-likeness (QED) is 0.790. The summed E-state index contributed by atoms with van der Waals surface area (Å²) in [5, 5.41) is 20.0. The normalized spacial score (nSPS) is 18.9. The first-order valence-electron chi connectivity index (χ1n) is 8.39. The molecule has 0 aromatic carbocycles. The summed E-state index contributed by atoms with van der Waals surface area (Å²) < 4.78 is 0. The van der Waals surface area contributed by atoms with Gasteiger partial charge in [0.1, 0.15) is 17.3 Å². The molecule has 0 unspecified atom stereocenters. The molecule has 7 nitrogen and oxygen atoms in total. The van der Waals surface area contributed by atoms with Crippen molar-refractivity contribution in [3.8, 4) is 6.07 Å². The Kier molecular flexibility index (Phi) is 3.50. The van der Waals surface area contributed by atoms with Gasteiger partial charge in [-0.1, -0.05) is 0 Å².